The number of hydrogen-bond acceptors (Lipinski definition) is 2. The summed E-state index contributed by atoms with van der Waals surface area (Å²) in [5, 5.41) is 0. The molecule has 134 valence electrons. The number of nitrogens with one attached hydrogen (secondary N) is 1. The summed E-state index contributed by atoms with van der Waals surface area (Å²) in [5.41, 5.74) is 3.81. The van der Waals surface area contributed by atoms with Crippen LogP contribution in [-0.2, 0) is 12.2 Å². The number of para-hydroxylation sites is 2. The average molecular weight is 351 g/mol. The van der Waals surface area contributed by atoms with Crippen LogP contribution in [0.15, 0.2) is 53.3 Å². The molecule has 2 aliphatic rings. The molecule has 0 saturated carbocycles. The first-order chi connectivity index (χ1) is 12.7. The second-order valence-corrected chi connectivity index (χ2v) is 7.49. The van der Waals surface area contributed by atoms with E-state index in [1.165, 1.54) is 15.7 Å². The van der Waals surface area contributed by atoms with Gasteiger partial charge in [-0.3, -0.25) is 9.47 Å². The summed E-state index contributed by atoms with van der Waals surface area (Å²) in [6, 6.07) is 16.3. The summed E-state index contributed by atoms with van der Waals surface area (Å²) in [7, 11) is 0. The molecule has 1 fully saturated rings. The van der Waals surface area contributed by atoms with Crippen LogP contribution in [0.2, 0.25) is 0 Å². The van der Waals surface area contributed by atoms with Gasteiger partial charge in [-0.15, -0.1) is 0 Å². The Bertz CT molecular complexity index is 1010. The molecule has 0 spiro atoms. The molecule has 2 heterocycles. The van der Waals surface area contributed by atoms with Crippen molar-refractivity contribution in [1.82, 2.24) is 14.5 Å². The number of aromatic amines is 1. The number of halogens is 1. The number of nitrogens with zero attached hydrogens (tertiary/aromatic N) is 2. The van der Waals surface area contributed by atoms with Crippen LogP contribution in [0.3, 0.4) is 0 Å². The third-order valence-corrected chi connectivity index (χ3v) is 6.10. The predicted octanol–water partition coefficient (Wildman–Crippen LogP) is 3.74. The summed E-state index contributed by atoms with van der Waals surface area (Å²) < 4.78 is 17.1. The van der Waals surface area contributed by atoms with Crippen LogP contribution in [0.4, 0.5) is 4.39 Å². The molecule has 5 heteroatoms. The van der Waals surface area contributed by atoms with E-state index >= 15 is 4.39 Å². The zero-order valence-corrected chi connectivity index (χ0v) is 14.6. The van der Waals surface area contributed by atoms with E-state index in [1.54, 1.807) is 0 Å². The molecule has 1 aliphatic heterocycles. The summed E-state index contributed by atoms with van der Waals surface area (Å²) in [4.78, 5) is 17.6. The number of piperidine rings is 1. The SMILES string of the molecule is O=c1[nH]c2ccccc2n1C1(F)CCN(C2CCc3ccccc32)CC1. The predicted molar refractivity (Wildman–Crippen MR) is 100.0 cm³/mol. The van der Waals surface area contributed by atoms with Gasteiger partial charge in [0, 0.05) is 32.0 Å². The summed E-state index contributed by atoms with van der Waals surface area (Å²) in [5.74, 6) is -1.62. The van der Waals surface area contributed by atoms with Crippen molar-refractivity contribution in [3.05, 3.63) is 70.1 Å². The van der Waals surface area contributed by atoms with Crippen LogP contribution in [0.1, 0.15) is 36.4 Å². The van der Waals surface area contributed by atoms with Crippen LogP contribution >= 0.6 is 0 Å². The first-order valence-electron chi connectivity index (χ1n) is 9.37. The van der Waals surface area contributed by atoms with Gasteiger partial charge in [-0.1, -0.05) is 36.4 Å². The van der Waals surface area contributed by atoms with E-state index in [2.05, 4.69) is 34.1 Å². The van der Waals surface area contributed by atoms with Crippen molar-refractivity contribution in [2.75, 3.05) is 13.1 Å². The number of rotatable bonds is 2. The quantitative estimate of drug-likeness (QED) is 0.764. The molecule has 1 aromatic heterocycles. The van der Waals surface area contributed by atoms with E-state index in [0.29, 0.717) is 43.0 Å². The molecule has 5 rings (SSSR count). The Morgan fingerprint density at radius 3 is 2.62 bits per heavy atom. The van der Waals surface area contributed by atoms with Crippen LogP contribution in [0.5, 0.6) is 0 Å². The summed E-state index contributed by atoms with van der Waals surface area (Å²) in [6.45, 7) is 1.34. The topological polar surface area (TPSA) is 41.0 Å². The lowest BCUT2D eigenvalue weighted by molar-refractivity contribution is -0.0194. The summed E-state index contributed by atoms with van der Waals surface area (Å²) in [6.07, 6.45) is 2.88. The highest BCUT2D eigenvalue weighted by molar-refractivity contribution is 5.75. The lowest BCUT2D eigenvalue weighted by Gasteiger charge is -2.40. The number of aryl methyl sites for hydroxylation is 1. The van der Waals surface area contributed by atoms with E-state index < -0.39 is 5.79 Å². The maximum atomic E-state index is 15.8. The highest BCUT2D eigenvalue weighted by atomic mass is 19.1. The first kappa shape index (κ1) is 15.8. The molecule has 26 heavy (non-hydrogen) atoms. The second kappa shape index (κ2) is 5.81. The minimum Gasteiger partial charge on any atom is -0.305 e. The van der Waals surface area contributed by atoms with Crippen molar-refractivity contribution in [2.45, 2.75) is 37.5 Å². The van der Waals surface area contributed by atoms with Crippen molar-refractivity contribution >= 4 is 11.0 Å². The second-order valence-electron chi connectivity index (χ2n) is 7.49. The third kappa shape index (κ3) is 2.34. The van der Waals surface area contributed by atoms with Gasteiger partial charge in [-0.05, 0) is 36.1 Å². The molecule has 3 aromatic rings. The Balaban J connectivity index is 1.42. The van der Waals surface area contributed by atoms with E-state index in [9.17, 15) is 4.79 Å². The van der Waals surface area contributed by atoms with Gasteiger partial charge in [-0.2, -0.15) is 0 Å². The standard InChI is InChI=1S/C21H22FN3O/c22-21(25-19-8-4-3-7-17(19)23-20(25)26)11-13-24(14-12-21)18-10-9-15-5-1-2-6-16(15)18/h1-8,18H,9-14H2,(H,23,26). The Kier molecular flexibility index (Phi) is 3.54. The van der Waals surface area contributed by atoms with Gasteiger partial charge in [0.05, 0.1) is 11.0 Å². The third-order valence-electron chi connectivity index (χ3n) is 6.10. The zero-order chi connectivity index (χ0) is 17.7. The molecule has 0 amide bonds. The van der Waals surface area contributed by atoms with Gasteiger partial charge in [-0.25, -0.2) is 9.18 Å². The van der Waals surface area contributed by atoms with Crippen molar-refractivity contribution in [3.8, 4) is 0 Å². The molecule has 1 N–H and O–H groups in total. The Labute approximate surface area is 151 Å². The Morgan fingerprint density at radius 2 is 1.77 bits per heavy atom. The van der Waals surface area contributed by atoms with Gasteiger partial charge in [0.15, 0.2) is 5.79 Å². The maximum Gasteiger partial charge on any atom is 0.329 e. The molecule has 0 bridgehead atoms. The number of likely N-dealkylation sites (tertiary alicyclic amines) is 1. The monoisotopic (exact) mass is 351 g/mol. The van der Waals surface area contributed by atoms with Crippen molar-refractivity contribution in [2.24, 2.45) is 0 Å². The first-order valence-corrected chi connectivity index (χ1v) is 9.37. The van der Waals surface area contributed by atoms with Gasteiger partial charge >= 0.3 is 5.69 Å². The largest absolute Gasteiger partial charge is 0.329 e. The van der Waals surface area contributed by atoms with Crippen molar-refractivity contribution < 1.29 is 4.39 Å². The minimum absolute atomic E-state index is 0.341. The van der Waals surface area contributed by atoms with Crippen LogP contribution in [0.25, 0.3) is 11.0 Å². The lowest BCUT2D eigenvalue weighted by atomic mass is 9.98. The van der Waals surface area contributed by atoms with Crippen molar-refractivity contribution in [1.29, 1.82) is 0 Å². The maximum absolute atomic E-state index is 15.8. The van der Waals surface area contributed by atoms with Gasteiger partial charge in [0.25, 0.3) is 0 Å². The van der Waals surface area contributed by atoms with Crippen LogP contribution in [-0.4, -0.2) is 27.5 Å². The zero-order valence-electron chi connectivity index (χ0n) is 14.6. The molecule has 2 aromatic carbocycles. The Hall–Kier alpha value is -2.40. The molecule has 1 atom stereocenters. The molecule has 4 nitrogen and oxygen atoms in total. The number of aromatic nitrogens is 2. The molecular formula is C21H22FN3O. The number of fused-ring (bicyclic) bond motifs is 2. The lowest BCUT2D eigenvalue weighted by Crippen LogP contribution is -2.47. The molecule has 1 saturated heterocycles. The number of hydrogen-bond donors (Lipinski definition) is 1. The van der Waals surface area contributed by atoms with Gasteiger partial charge < -0.3 is 4.98 Å². The van der Waals surface area contributed by atoms with Crippen LogP contribution < -0.4 is 5.69 Å². The molecular weight excluding hydrogens is 329 g/mol. The number of benzene rings is 2. The van der Waals surface area contributed by atoms with Gasteiger partial charge in [0.2, 0.25) is 0 Å². The number of alkyl halides is 1. The van der Waals surface area contributed by atoms with Crippen LogP contribution in [0, 0.1) is 0 Å². The molecule has 1 aliphatic carbocycles. The summed E-state index contributed by atoms with van der Waals surface area (Å²) >= 11 is 0. The van der Waals surface area contributed by atoms with E-state index in [-0.39, 0.29) is 5.69 Å². The average Bonchev–Trinajstić information content (AvgIpc) is 3.23. The number of H-pyrrole nitrogens is 1. The minimum atomic E-state index is -1.62. The van der Waals surface area contributed by atoms with Gasteiger partial charge in [0.1, 0.15) is 0 Å². The smallest absolute Gasteiger partial charge is 0.305 e. The normalized spacial score (nSPS) is 22.6. The fourth-order valence-electron chi connectivity index (χ4n) is 4.77. The van der Waals surface area contributed by atoms with E-state index in [4.69, 9.17) is 0 Å². The molecule has 0 radical (unpaired) electrons. The van der Waals surface area contributed by atoms with E-state index in [0.717, 1.165) is 12.8 Å². The fraction of sp³-hybridized carbons (Fsp3) is 0.381. The highest BCUT2D eigenvalue weighted by Gasteiger charge is 2.41. The fourth-order valence-corrected chi connectivity index (χ4v) is 4.77. The van der Waals surface area contributed by atoms with E-state index in [1.807, 2.05) is 24.3 Å². The number of imidazole rings is 1. The highest BCUT2D eigenvalue weighted by Crippen LogP contribution is 2.40. The Morgan fingerprint density at radius 1 is 1.04 bits per heavy atom. The van der Waals surface area contributed by atoms with Crippen molar-refractivity contribution in [3.63, 3.8) is 0 Å². The molecule has 1 unspecified atom stereocenters.